The zero-order valence-corrected chi connectivity index (χ0v) is 12.3. The molecule has 23 heavy (non-hydrogen) atoms. The summed E-state index contributed by atoms with van der Waals surface area (Å²) in [7, 11) is 0. The Balaban J connectivity index is 1.67. The van der Waals surface area contributed by atoms with Crippen LogP contribution >= 0.6 is 0 Å². The van der Waals surface area contributed by atoms with E-state index < -0.39 is 0 Å². The first-order valence-electron chi connectivity index (χ1n) is 7.12. The third kappa shape index (κ3) is 3.50. The van der Waals surface area contributed by atoms with Gasteiger partial charge in [-0.1, -0.05) is 36.1 Å². The summed E-state index contributed by atoms with van der Waals surface area (Å²) in [6, 6.07) is 14.6. The zero-order chi connectivity index (χ0) is 16.1. The molecule has 2 aromatic carbocycles. The summed E-state index contributed by atoms with van der Waals surface area (Å²) < 4.78 is 5.35. The van der Waals surface area contributed by atoms with Gasteiger partial charge in [-0.2, -0.15) is 0 Å². The van der Waals surface area contributed by atoms with Crippen molar-refractivity contribution in [3.8, 4) is 17.6 Å². The van der Waals surface area contributed by atoms with Gasteiger partial charge in [-0.15, -0.1) is 0 Å². The highest BCUT2D eigenvalue weighted by atomic mass is 16.5. The summed E-state index contributed by atoms with van der Waals surface area (Å²) >= 11 is 0. The number of rotatable bonds is 2. The van der Waals surface area contributed by atoms with Crippen LogP contribution in [0.2, 0.25) is 0 Å². The fourth-order valence-electron chi connectivity index (χ4n) is 2.18. The number of carbonyl (C=O) groups excluding carboxylic acids is 2. The Morgan fingerprint density at radius 2 is 2.00 bits per heavy atom. The lowest BCUT2D eigenvalue weighted by molar-refractivity contribution is -0.118. The van der Waals surface area contributed by atoms with Gasteiger partial charge in [0.1, 0.15) is 0 Å². The van der Waals surface area contributed by atoms with Gasteiger partial charge in [0.15, 0.2) is 12.4 Å². The molecule has 5 heteroatoms. The first kappa shape index (κ1) is 14.7. The molecule has 0 bridgehead atoms. The average molecular weight is 306 g/mol. The average Bonchev–Trinajstić information content (AvgIpc) is 2.58. The van der Waals surface area contributed by atoms with Gasteiger partial charge in [-0.3, -0.25) is 9.59 Å². The maximum atomic E-state index is 12.2. The van der Waals surface area contributed by atoms with E-state index in [1.165, 1.54) is 0 Å². The molecule has 0 radical (unpaired) electrons. The van der Waals surface area contributed by atoms with Crippen LogP contribution in [0.25, 0.3) is 0 Å². The summed E-state index contributed by atoms with van der Waals surface area (Å²) in [5.41, 5.74) is 1.78. The van der Waals surface area contributed by atoms with Crippen LogP contribution in [0.1, 0.15) is 15.9 Å². The van der Waals surface area contributed by atoms with Gasteiger partial charge in [-0.25, -0.2) is 0 Å². The van der Waals surface area contributed by atoms with Crippen LogP contribution in [-0.2, 0) is 4.79 Å². The molecule has 2 amide bonds. The van der Waals surface area contributed by atoms with Crippen molar-refractivity contribution in [2.75, 3.05) is 18.5 Å². The molecule has 114 valence electrons. The Hall–Kier alpha value is -3.26. The quantitative estimate of drug-likeness (QED) is 0.831. The third-order valence-electron chi connectivity index (χ3n) is 3.23. The lowest BCUT2D eigenvalue weighted by atomic mass is 10.1. The fraction of sp³-hybridized carbons (Fsp3) is 0.111. The predicted molar refractivity (Wildman–Crippen MR) is 86.2 cm³/mol. The Labute approximate surface area is 133 Å². The van der Waals surface area contributed by atoms with Crippen molar-refractivity contribution in [1.82, 2.24) is 5.32 Å². The van der Waals surface area contributed by atoms with Crippen molar-refractivity contribution in [3.05, 3.63) is 59.7 Å². The number of hydrogen-bond acceptors (Lipinski definition) is 3. The molecule has 0 fully saturated rings. The summed E-state index contributed by atoms with van der Waals surface area (Å²) in [5.74, 6) is 5.73. The van der Waals surface area contributed by atoms with Crippen LogP contribution in [0.5, 0.6) is 5.75 Å². The molecule has 0 saturated heterocycles. The van der Waals surface area contributed by atoms with E-state index in [2.05, 4.69) is 22.5 Å². The number of benzene rings is 2. The molecule has 3 rings (SSSR count). The van der Waals surface area contributed by atoms with Gasteiger partial charge < -0.3 is 15.4 Å². The van der Waals surface area contributed by atoms with Gasteiger partial charge in [0.25, 0.3) is 11.8 Å². The number of nitrogens with one attached hydrogen (secondary N) is 2. The van der Waals surface area contributed by atoms with Gasteiger partial charge in [0.2, 0.25) is 0 Å². The first-order chi connectivity index (χ1) is 11.2. The van der Waals surface area contributed by atoms with Crippen molar-refractivity contribution in [1.29, 1.82) is 0 Å². The Bertz CT molecular complexity index is 804. The highest BCUT2D eigenvalue weighted by molar-refractivity contribution is 6.03. The van der Waals surface area contributed by atoms with Crippen molar-refractivity contribution < 1.29 is 14.3 Å². The standard InChI is InChI=1S/C18H14N2O3/c21-16-12-23-17-14(9-4-10-15(17)20-16)18(22)19-11-5-8-13-6-2-1-3-7-13/h1-4,6-7,9-10H,11-12H2,(H,19,22)(H,20,21). The summed E-state index contributed by atoms with van der Waals surface area (Å²) in [6.07, 6.45) is 0. The molecule has 1 heterocycles. The van der Waals surface area contributed by atoms with Crippen molar-refractivity contribution in [2.24, 2.45) is 0 Å². The molecule has 0 saturated carbocycles. The van der Waals surface area contributed by atoms with Gasteiger partial charge in [0, 0.05) is 5.56 Å². The second kappa shape index (κ2) is 6.67. The van der Waals surface area contributed by atoms with E-state index in [1.807, 2.05) is 30.3 Å². The molecule has 0 unspecified atom stereocenters. The van der Waals surface area contributed by atoms with Crippen LogP contribution in [0, 0.1) is 11.8 Å². The monoisotopic (exact) mass is 306 g/mol. The van der Waals surface area contributed by atoms with Crippen LogP contribution in [0.15, 0.2) is 48.5 Å². The molecular weight excluding hydrogens is 292 g/mol. The van der Waals surface area contributed by atoms with Crippen molar-refractivity contribution >= 4 is 17.5 Å². The summed E-state index contributed by atoms with van der Waals surface area (Å²) in [4.78, 5) is 23.5. The molecule has 0 atom stereocenters. The number of fused-ring (bicyclic) bond motifs is 1. The van der Waals surface area contributed by atoms with Gasteiger partial charge in [-0.05, 0) is 24.3 Å². The predicted octanol–water partition coefficient (Wildman–Crippen LogP) is 1.80. The minimum atomic E-state index is -0.291. The van der Waals surface area contributed by atoms with Crippen LogP contribution < -0.4 is 15.4 Å². The number of ether oxygens (including phenoxy) is 1. The number of amides is 2. The topological polar surface area (TPSA) is 67.4 Å². The lowest BCUT2D eigenvalue weighted by Gasteiger charge is -2.20. The van der Waals surface area contributed by atoms with E-state index in [4.69, 9.17) is 4.74 Å². The van der Waals surface area contributed by atoms with Crippen LogP contribution in [0.3, 0.4) is 0 Å². The van der Waals surface area contributed by atoms with E-state index in [0.717, 1.165) is 5.56 Å². The second-order valence-corrected chi connectivity index (χ2v) is 4.87. The van der Waals surface area contributed by atoms with Gasteiger partial charge >= 0.3 is 0 Å². The maximum absolute atomic E-state index is 12.2. The van der Waals surface area contributed by atoms with E-state index in [-0.39, 0.29) is 25.0 Å². The Morgan fingerprint density at radius 3 is 2.83 bits per heavy atom. The van der Waals surface area contributed by atoms with Crippen LogP contribution in [0.4, 0.5) is 5.69 Å². The van der Waals surface area contributed by atoms with E-state index >= 15 is 0 Å². The molecule has 0 spiro atoms. The van der Waals surface area contributed by atoms with E-state index in [9.17, 15) is 9.59 Å². The molecular formula is C18H14N2O3. The van der Waals surface area contributed by atoms with E-state index in [1.54, 1.807) is 18.2 Å². The molecule has 5 nitrogen and oxygen atoms in total. The highest BCUT2D eigenvalue weighted by Gasteiger charge is 2.21. The van der Waals surface area contributed by atoms with Crippen molar-refractivity contribution in [2.45, 2.75) is 0 Å². The largest absolute Gasteiger partial charge is 0.481 e. The number of hydrogen-bond donors (Lipinski definition) is 2. The number of para-hydroxylation sites is 1. The summed E-state index contributed by atoms with van der Waals surface area (Å²) in [5, 5.41) is 5.40. The molecule has 2 N–H and O–H groups in total. The minimum absolute atomic E-state index is 0.0922. The smallest absolute Gasteiger partial charge is 0.262 e. The van der Waals surface area contributed by atoms with Crippen LogP contribution in [-0.4, -0.2) is 25.0 Å². The highest BCUT2D eigenvalue weighted by Crippen LogP contribution is 2.31. The SMILES string of the molecule is O=C1COc2c(cccc2C(=O)NCC#Cc2ccccc2)N1. The van der Waals surface area contributed by atoms with E-state index in [0.29, 0.717) is 17.0 Å². The molecule has 1 aliphatic heterocycles. The molecule has 1 aliphatic rings. The normalized spacial score (nSPS) is 12.1. The maximum Gasteiger partial charge on any atom is 0.262 e. The molecule has 0 aliphatic carbocycles. The molecule has 0 aromatic heterocycles. The number of carbonyl (C=O) groups is 2. The summed E-state index contributed by atoms with van der Waals surface area (Å²) in [6.45, 7) is 0.134. The first-order valence-corrected chi connectivity index (χ1v) is 7.12. The minimum Gasteiger partial charge on any atom is -0.481 e. The lowest BCUT2D eigenvalue weighted by Crippen LogP contribution is -2.29. The Morgan fingerprint density at radius 1 is 1.17 bits per heavy atom. The zero-order valence-electron chi connectivity index (χ0n) is 12.3. The van der Waals surface area contributed by atoms with Crippen molar-refractivity contribution in [3.63, 3.8) is 0 Å². The number of anilines is 1. The third-order valence-corrected chi connectivity index (χ3v) is 3.23. The molecule has 2 aromatic rings. The van der Waals surface area contributed by atoms with Gasteiger partial charge in [0.05, 0.1) is 17.8 Å². The second-order valence-electron chi connectivity index (χ2n) is 4.87. The fourth-order valence-corrected chi connectivity index (χ4v) is 2.18. The Kier molecular flexibility index (Phi) is 4.25.